The van der Waals surface area contributed by atoms with E-state index in [4.69, 9.17) is 0 Å². The topological polar surface area (TPSA) is 90.0 Å². The molecule has 1 aliphatic heterocycles. The van der Waals surface area contributed by atoms with Crippen LogP contribution in [0.3, 0.4) is 0 Å². The second kappa shape index (κ2) is 6.57. The first kappa shape index (κ1) is 17.3. The molecule has 142 valence electrons. The van der Waals surface area contributed by atoms with Crippen molar-refractivity contribution in [1.82, 2.24) is 23.7 Å². The molecule has 0 aromatic carbocycles. The largest absolute Gasteiger partial charge is 0.364 e. The van der Waals surface area contributed by atoms with Gasteiger partial charge >= 0.3 is 5.69 Å². The first-order chi connectivity index (χ1) is 13.0. The molecule has 3 aromatic rings. The fourth-order valence-corrected chi connectivity index (χ4v) is 3.65. The molecule has 0 spiro atoms. The first-order valence-corrected chi connectivity index (χ1v) is 9.08. The van der Waals surface area contributed by atoms with Crippen molar-refractivity contribution in [2.24, 2.45) is 14.1 Å². The Morgan fingerprint density at radius 2 is 2.04 bits per heavy atom. The van der Waals surface area contributed by atoms with Gasteiger partial charge in [0.25, 0.3) is 5.56 Å². The highest BCUT2D eigenvalue weighted by Crippen LogP contribution is 2.24. The van der Waals surface area contributed by atoms with Gasteiger partial charge in [-0.15, -0.1) is 0 Å². The van der Waals surface area contributed by atoms with Gasteiger partial charge in [-0.05, 0) is 19.4 Å². The summed E-state index contributed by atoms with van der Waals surface area (Å²) in [4.78, 5) is 35.2. The number of aryl methyl sites for hydroxylation is 1. The third-order valence-electron chi connectivity index (χ3n) is 5.23. The van der Waals surface area contributed by atoms with Gasteiger partial charge in [0, 0.05) is 52.0 Å². The number of hydrogen-bond acceptors (Lipinski definition) is 6. The van der Waals surface area contributed by atoms with E-state index in [0.29, 0.717) is 12.4 Å². The Bertz CT molecular complexity index is 1110. The van der Waals surface area contributed by atoms with Gasteiger partial charge in [0.15, 0.2) is 5.82 Å². The van der Waals surface area contributed by atoms with Gasteiger partial charge in [0.2, 0.25) is 0 Å². The standard InChI is InChI=1S/C18H23N7O2/c1-4-24-11-20-16-13(24)5-7-19-17(16)21-12-6-8-25(10-12)14-9-15(26)23(3)18(27)22(14)2/h5,7,9,11-12H,4,6,8,10H2,1-3H3,(H,19,21)/t12-/m1/s1. The Labute approximate surface area is 155 Å². The third-order valence-corrected chi connectivity index (χ3v) is 5.23. The molecule has 1 fully saturated rings. The smallest absolute Gasteiger partial charge is 0.332 e. The highest BCUT2D eigenvalue weighted by Gasteiger charge is 2.26. The van der Waals surface area contributed by atoms with Crippen LogP contribution in [0.15, 0.2) is 34.2 Å². The van der Waals surface area contributed by atoms with Crippen LogP contribution in [-0.2, 0) is 20.6 Å². The number of aromatic nitrogens is 5. The molecule has 1 saturated heterocycles. The lowest BCUT2D eigenvalue weighted by atomic mass is 10.2. The van der Waals surface area contributed by atoms with Crippen LogP contribution in [0.2, 0.25) is 0 Å². The summed E-state index contributed by atoms with van der Waals surface area (Å²) in [6, 6.07) is 3.65. The lowest BCUT2D eigenvalue weighted by molar-refractivity contribution is 0.672. The van der Waals surface area contributed by atoms with E-state index >= 15 is 0 Å². The van der Waals surface area contributed by atoms with Crippen LogP contribution in [0.4, 0.5) is 11.6 Å². The van der Waals surface area contributed by atoms with Crippen LogP contribution in [0.25, 0.3) is 11.0 Å². The number of anilines is 2. The number of nitrogens with zero attached hydrogens (tertiary/aromatic N) is 6. The van der Waals surface area contributed by atoms with Crippen LogP contribution in [-0.4, -0.2) is 42.8 Å². The summed E-state index contributed by atoms with van der Waals surface area (Å²) in [5.74, 6) is 1.42. The van der Waals surface area contributed by atoms with Gasteiger partial charge in [-0.3, -0.25) is 13.9 Å². The minimum atomic E-state index is -0.314. The molecule has 9 heteroatoms. The molecule has 1 aliphatic rings. The van der Waals surface area contributed by atoms with Gasteiger partial charge < -0.3 is 14.8 Å². The van der Waals surface area contributed by atoms with Crippen molar-refractivity contribution in [3.8, 4) is 0 Å². The van der Waals surface area contributed by atoms with E-state index in [1.54, 1.807) is 13.2 Å². The van der Waals surface area contributed by atoms with Gasteiger partial charge in [0.1, 0.15) is 11.3 Å². The zero-order chi connectivity index (χ0) is 19.1. The van der Waals surface area contributed by atoms with Crippen LogP contribution < -0.4 is 21.5 Å². The van der Waals surface area contributed by atoms with Crippen LogP contribution in [0.1, 0.15) is 13.3 Å². The van der Waals surface area contributed by atoms with Crippen LogP contribution >= 0.6 is 0 Å². The minimum Gasteiger partial charge on any atom is -0.364 e. The predicted octanol–water partition coefficient (Wildman–Crippen LogP) is 0.539. The maximum atomic E-state index is 12.2. The molecule has 1 atom stereocenters. The number of pyridine rings is 1. The Morgan fingerprint density at radius 1 is 1.22 bits per heavy atom. The van der Waals surface area contributed by atoms with Gasteiger partial charge in [0.05, 0.1) is 11.8 Å². The van der Waals surface area contributed by atoms with E-state index in [0.717, 1.165) is 40.9 Å². The van der Waals surface area contributed by atoms with Crippen molar-refractivity contribution in [3.05, 3.63) is 45.5 Å². The molecule has 0 bridgehead atoms. The predicted molar refractivity (Wildman–Crippen MR) is 104 cm³/mol. The highest BCUT2D eigenvalue weighted by atomic mass is 16.2. The van der Waals surface area contributed by atoms with Crippen LogP contribution in [0.5, 0.6) is 0 Å². The number of nitrogens with one attached hydrogen (secondary N) is 1. The van der Waals surface area contributed by atoms with Crippen molar-refractivity contribution >= 4 is 22.7 Å². The molecule has 9 nitrogen and oxygen atoms in total. The first-order valence-electron chi connectivity index (χ1n) is 9.08. The molecule has 0 radical (unpaired) electrons. The molecule has 4 heterocycles. The molecule has 0 saturated carbocycles. The maximum Gasteiger partial charge on any atom is 0.332 e. The fourth-order valence-electron chi connectivity index (χ4n) is 3.65. The SMILES string of the molecule is CCn1cnc2c(N[C@@H]3CCN(c4cc(=O)n(C)c(=O)n4C)C3)nccc21. The second-order valence-corrected chi connectivity index (χ2v) is 6.88. The van der Waals surface area contributed by atoms with E-state index in [9.17, 15) is 9.59 Å². The lowest BCUT2D eigenvalue weighted by Crippen LogP contribution is -2.40. The van der Waals surface area contributed by atoms with E-state index in [-0.39, 0.29) is 17.3 Å². The van der Waals surface area contributed by atoms with Gasteiger partial charge in [-0.2, -0.15) is 0 Å². The molecule has 0 aliphatic carbocycles. The van der Waals surface area contributed by atoms with Crippen molar-refractivity contribution in [2.75, 3.05) is 23.3 Å². The quantitative estimate of drug-likeness (QED) is 0.722. The second-order valence-electron chi connectivity index (χ2n) is 6.88. The third kappa shape index (κ3) is 2.88. The minimum absolute atomic E-state index is 0.161. The van der Waals surface area contributed by atoms with E-state index in [1.165, 1.54) is 17.7 Å². The highest BCUT2D eigenvalue weighted by molar-refractivity contribution is 5.86. The van der Waals surface area contributed by atoms with Crippen molar-refractivity contribution in [2.45, 2.75) is 25.9 Å². The number of rotatable bonds is 4. The van der Waals surface area contributed by atoms with Crippen molar-refractivity contribution < 1.29 is 0 Å². The summed E-state index contributed by atoms with van der Waals surface area (Å²) in [5.41, 5.74) is 1.31. The van der Waals surface area contributed by atoms with Crippen molar-refractivity contribution in [1.29, 1.82) is 0 Å². The van der Waals surface area contributed by atoms with E-state index in [2.05, 4.69) is 31.7 Å². The molecule has 0 unspecified atom stereocenters. The molecular weight excluding hydrogens is 346 g/mol. The van der Waals surface area contributed by atoms with E-state index < -0.39 is 0 Å². The fraction of sp³-hybridized carbons (Fsp3) is 0.444. The average Bonchev–Trinajstić information content (AvgIpc) is 3.30. The van der Waals surface area contributed by atoms with Crippen LogP contribution in [0, 0.1) is 0 Å². The Hall–Kier alpha value is -3.10. The van der Waals surface area contributed by atoms with Crippen molar-refractivity contribution in [3.63, 3.8) is 0 Å². The summed E-state index contributed by atoms with van der Waals surface area (Å²) in [6.45, 7) is 4.39. The average molecular weight is 369 g/mol. The molecular formula is C18H23N7O2. The molecule has 3 aromatic heterocycles. The van der Waals surface area contributed by atoms with Gasteiger partial charge in [-0.1, -0.05) is 0 Å². The summed E-state index contributed by atoms with van der Waals surface area (Å²) in [5, 5.41) is 3.48. The zero-order valence-electron chi connectivity index (χ0n) is 15.7. The van der Waals surface area contributed by atoms with Gasteiger partial charge in [-0.25, -0.2) is 14.8 Å². The van der Waals surface area contributed by atoms with E-state index in [1.807, 2.05) is 12.4 Å². The molecule has 1 N–H and O–H groups in total. The molecule has 4 rings (SSSR count). The summed E-state index contributed by atoms with van der Waals surface area (Å²) < 4.78 is 4.72. The number of imidazole rings is 1. The zero-order valence-corrected chi connectivity index (χ0v) is 15.7. The summed E-state index contributed by atoms with van der Waals surface area (Å²) in [6.07, 6.45) is 4.50. The Kier molecular flexibility index (Phi) is 4.21. The number of hydrogen-bond donors (Lipinski definition) is 1. The Morgan fingerprint density at radius 3 is 2.81 bits per heavy atom. The summed E-state index contributed by atoms with van der Waals surface area (Å²) in [7, 11) is 3.18. The maximum absolute atomic E-state index is 12.2. The Balaban J connectivity index is 1.57. The number of fused-ring (bicyclic) bond motifs is 1. The molecule has 0 amide bonds. The lowest BCUT2D eigenvalue weighted by Gasteiger charge is -2.21. The molecule has 27 heavy (non-hydrogen) atoms. The monoisotopic (exact) mass is 369 g/mol. The summed E-state index contributed by atoms with van der Waals surface area (Å²) >= 11 is 0. The normalized spacial score (nSPS) is 17.0.